The topological polar surface area (TPSA) is 78.9 Å². The van der Waals surface area contributed by atoms with Crippen LogP contribution in [0.2, 0.25) is 0 Å². The Balaban J connectivity index is 1.81. The van der Waals surface area contributed by atoms with Gasteiger partial charge in [0.1, 0.15) is 23.0 Å². The van der Waals surface area contributed by atoms with E-state index in [0.717, 1.165) is 36.7 Å². The smallest absolute Gasteiger partial charge is 0.277 e. The number of hydrogen-bond acceptors (Lipinski definition) is 5. The average molecular weight is 334 g/mol. The predicted molar refractivity (Wildman–Crippen MR) is 84.8 cm³/mol. The van der Waals surface area contributed by atoms with E-state index in [4.69, 9.17) is 9.84 Å². The molecular formula is C17H19FN2O4. The van der Waals surface area contributed by atoms with Crippen LogP contribution < -0.4 is 10.1 Å². The summed E-state index contributed by atoms with van der Waals surface area (Å²) in [6.45, 7) is -0.420. The van der Waals surface area contributed by atoms with E-state index in [9.17, 15) is 14.0 Å². The number of hydrogen-bond donors (Lipinski definition) is 2. The summed E-state index contributed by atoms with van der Waals surface area (Å²) in [7, 11) is 0. The number of ether oxygens (including phenoxy) is 1. The van der Waals surface area contributed by atoms with Crippen molar-refractivity contribution in [1.82, 2.24) is 4.90 Å². The van der Waals surface area contributed by atoms with Gasteiger partial charge in [0.05, 0.1) is 19.3 Å². The van der Waals surface area contributed by atoms with Gasteiger partial charge in [0, 0.05) is 6.08 Å². The van der Waals surface area contributed by atoms with Gasteiger partial charge >= 0.3 is 0 Å². The lowest BCUT2D eigenvalue weighted by molar-refractivity contribution is -0.137. The number of halogens is 1. The molecule has 0 unspecified atom stereocenters. The van der Waals surface area contributed by atoms with Gasteiger partial charge in [-0.05, 0) is 37.8 Å². The van der Waals surface area contributed by atoms with Gasteiger partial charge in [0.15, 0.2) is 0 Å². The van der Waals surface area contributed by atoms with Crippen molar-refractivity contribution in [3.05, 3.63) is 35.8 Å². The first-order valence-corrected chi connectivity index (χ1v) is 8.00. The number of benzene rings is 1. The van der Waals surface area contributed by atoms with Crippen LogP contribution in [0.1, 0.15) is 25.7 Å². The Morgan fingerprint density at radius 1 is 1.29 bits per heavy atom. The predicted octanol–water partition coefficient (Wildman–Crippen LogP) is 1.80. The number of amides is 2. The largest absolute Gasteiger partial charge is 0.488 e. The number of aliphatic hydroxyl groups is 1. The van der Waals surface area contributed by atoms with Gasteiger partial charge < -0.3 is 15.2 Å². The highest BCUT2D eigenvalue weighted by Gasteiger charge is 2.31. The van der Waals surface area contributed by atoms with Crippen molar-refractivity contribution in [3.8, 4) is 5.75 Å². The molecule has 2 amide bonds. The van der Waals surface area contributed by atoms with Crippen molar-refractivity contribution in [1.29, 1.82) is 0 Å². The van der Waals surface area contributed by atoms with E-state index in [0.29, 0.717) is 5.75 Å². The van der Waals surface area contributed by atoms with E-state index in [-0.39, 0.29) is 30.6 Å². The van der Waals surface area contributed by atoms with E-state index < -0.39 is 17.6 Å². The van der Waals surface area contributed by atoms with Crippen LogP contribution in [0.5, 0.6) is 5.75 Å². The minimum Gasteiger partial charge on any atom is -0.488 e. The summed E-state index contributed by atoms with van der Waals surface area (Å²) in [5, 5.41) is 11.6. The molecule has 0 spiro atoms. The summed E-state index contributed by atoms with van der Waals surface area (Å²) in [6.07, 6.45) is 5.13. The number of carbonyl (C=O) groups is 2. The van der Waals surface area contributed by atoms with Gasteiger partial charge in [-0.2, -0.15) is 0 Å². The summed E-state index contributed by atoms with van der Waals surface area (Å²) in [6, 6.07) is 4.44. The Hall–Kier alpha value is -2.41. The van der Waals surface area contributed by atoms with E-state index >= 15 is 0 Å². The van der Waals surface area contributed by atoms with Crippen LogP contribution in [0.4, 0.5) is 10.1 Å². The number of anilines is 1. The number of aliphatic hydroxyl groups excluding tert-OH is 1. The van der Waals surface area contributed by atoms with Gasteiger partial charge in [0.25, 0.3) is 11.8 Å². The molecule has 6 nitrogen and oxygen atoms in total. The first-order chi connectivity index (χ1) is 11.6. The number of para-hydroxylation sites is 1. The Morgan fingerprint density at radius 2 is 2.04 bits per heavy atom. The molecule has 1 aliphatic carbocycles. The van der Waals surface area contributed by atoms with Crippen molar-refractivity contribution in [2.45, 2.75) is 31.8 Å². The normalized spacial score (nSPS) is 18.2. The Morgan fingerprint density at radius 3 is 2.75 bits per heavy atom. The second kappa shape index (κ2) is 7.00. The molecule has 0 bridgehead atoms. The molecule has 128 valence electrons. The standard InChI is InChI=1S/C17H19FN2O4/c18-12-6-3-7-14(24-11-4-1-2-5-11)16(12)19-13-10-15(22)20(8-9-21)17(13)23/h3,6-7,10-11,19,21H,1-2,4-5,8-9H2. The highest BCUT2D eigenvalue weighted by Crippen LogP contribution is 2.33. The Kier molecular flexibility index (Phi) is 4.80. The first kappa shape index (κ1) is 16.4. The van der Waals surface area contributed by atoms with E-state index in [1.165, 1.54) is 6.07 Å². The highest BCUT2D eigenvalue weighted by molar-refractivity contribution is 6.17. The van der Waals surface area contributed by atoms with Crippen LogP contribution in [0.15, 0.2) is 30.0 Å². The summed E-state index contributed by atoms with van der Waals surface area (Å²) in [5.41, 5.74) is 0.0115. The second-order valence-electron chi connectivity index (χ2n) is 5.84. The first-order valence-electron chi connectivity index (χ1n) is 8.00. The monoisotopic (exact) mass is 334 g/mol. The number of rotatable bonds is 6. The molecular weight excluding hydrogens is 315 g/mol. The van der Waals surface area contributed by atoms with Crippen LogP contribution >= 0.6 is 0 Å². The molecule has 0 aromatic heterocycles. The molecule has 1 heterocycles. The zero-order chi connectivity index (χ0) is 17.1. The maximum Gasteiger partial charge on any atom is 0.277 e. The van der Waals surface area contributed by atoms with Gasteiger partial charge in [-0.15, -0.1) is 0 Å². The molecule has 1 aromatic carbocycles. The van der Waals surface area contributed by atoms with Crippen molar-refractivity contribution in [2.24, 2.45) is 0 Å². The van der Waals surface area contributed by atoms with Gasteiger partial charge in [-0.25, -0.2) is 4.39 Å². The number of nitrogens with zero attached hydrogens (tertiary/aromatic N) is 1. The quantitative estimate of drug-likeness (QED) is 0.776. The maximum atomic E-state index is 14.2. The van der Waals surface area contributed by atoms with Gasteiger partial charge in [-0.1, -0.05) is 6.07 Å². The fourth-order valence-corrected chi connectivity index (χ4v) is 2.95. The third kappa shape index (κ3) is 3.26. The molecule has 1 fully saturated rings. The third-order valence-electron chi connectivity index (χ3n) is 4.16. The number of imide groups is 1. The zero-order valence-electron chi connectivity index (χ0n) is 13.1. The lowest BCUT2D eigenvalue weighted by atomic mass is 10.2. The SMILES string of the molecule is O=C1C=C(Nc2c(F)cccc2OC2CCCC2)C(=O)N1CCO. The van der Waals surface area contributed by atoms with Crippen LogP contribution in [0.25, 0.3) is 0 Å². The van der Waals surface area contributed by atoms with E-state index in [2.05, 4.69) is 5.32 Å². The number of nitrogens with one attached hydrogen (secondary N) is 1. The van der Waals surface area contributed by atoms with Crippen molar-refractivity contribution < 1.29 is 23.8 Å². The molecule has 24 heavy (non-hydrogen) atoms. The highest BCUT2D eigenvalue weighted by atomic mass is 19.1. The molecule has 7 heteroatoms. The fourth-order valence-electron chi connectivity index (χ4n) is 2.95. The minimum absolute atomic E-state index is 0.0326. The average Bonchev–Trinajstić information content (AvgIpc) is 3.15. The van der Waals surface area contributed by atoms with E-state index in [1.54, 1.807) is 12.1 Å². The Labute approximate surface area is 138 Å². The summed E-state index contributed by atoms with van der Waals surface area (Å²) >= 11 is 0. The second-order valence-corrected chi connectivity index (χ2v) is 5.84. The molecule has 1 saturated carbocycles. The van der Waals surface area contributed by atoms with Gasteiger partial charge in [0.2, 0.25) is 0 Å². The number of β-amino-alcohol motifs (C(OH)–C–C–N with tert-alkyl or cyclic N) is 1. The van der Waals surface area contributed by atoms with Crippen molar-refractivity contribution in [3.63, 3.8) is 0 Å². The lowest BCUT2D eigenvalue weighted by Gasteiger charge is -2.18. The van der Waals surface area contributed by atoms with E-state index in [1.807, 2.05) is 0 Å². The van der Waals surface area contributed by atoms with Crippen molar-refractivity contribution in [2.75, 3.05) is 18.5 Å². The summed E-state index contributed by atoms with van der Waals surface area (Å²) in [5.74, 6) is -1.37. The Bertz CT molecular complexity index is 683. The zero-order valence-corrected chi connectivity index (χ0v) is 13.1. The molecule has 2 aliphatic rings. The summed E-state index contributed by atoms with van der Waals surface area (Å²) < 4.78 is 20.1. The molecule has 0 atom stereocenters. The molecule has 2 N–H and O–H groups in total. The van der Waals surface area contributed by atoms with Gasteiger partial charge in [-0.3, -0.25) is 14.5 Å². The fraction of sp³-hybridized carbons (Fsp3) is 0.412. The summed E-state index contributed by atoms with van der Waals surface area (Å²) in [4.78, 5) is 24.9. The van der Waals surface area contributed by atoms with Crippen molar-refractivity contribution >= 4 is 17.5 Å². The third-order valence-corrected chi connectivity index (χ3v) is 4.16. The van der Waals surface area contributed by atoms with Crippen LogP contribution in [-0.2, 0) is 9.59 Å². The maximum absolute atomic E-state index is 14.2. The van der Waals surface area contributed by atoms with Crippen LogP contribution in [0.3, 0.4) is 0 Å². The van der Waals surface area contributed by atoms with Crippen LogP contribution in [-0.4, -0.2) is 41.1 Å². The minimum atomic E-state index is -0.593. The lowest BCUT2D eigenvalue weighted by Crippen LogP contribution is -2.34. The molecule has 1 aliphatic heterocycles. The van der Waals surface area contributed by atoms with Crippen LogP contribution in [0, 0.1) is 5.82 Å². The molecule has 0 radical (unpaired) electrons. The molecule has 3 rings (SSSR count). The molecule has 0 saturated heterocycles. The molecule has 1 aromatic rings. The number of carbonyl (C=O) groups excluding carboxylic acids is 2.